The van der Waals surface area contributed by atoms with Crippen LogP contribution in [-0.2, 0) is 4.79 Å². The van der Waals surface area contributed by atoms with E-state index in [2.05, 4.69) is 11.9 Å². The molecule has 0 radical (unpaired) electrons. The Morgan fingerprint density at radius 3 is 2.60 bits per heavy atom. The molecule has 0 fully saturated rings. The molecule has 0 aromatic rings. The summed E-state index contributed by atoms with van der Waals surface area (Å²) < 4.78 is 0. The van der Waals surface area contributed by atoms with Gasteiger partial charge in [0.05, 0.1) is 5.54 Å². The number of rotatable bonds is 3. The maximum absolute atomic E-state index is 10.9. The van der Waals surface area contributed by atoms with Crippen LogP contribution in [0.1, 0.15) is 13.8 Å². The van der Waals surface area contributed by atoms with Gasteiger partial charge in [0, 0.05) is 6.54 Å². The predicted molar refractivity (Wildman–Crippen MR) is 41.5 cm³/mol. The van der Waals surface area contributed by atoms with Gasteiger partial charge >= 0.3 is 0 Å². The molecule has 0 bridgehead atoms. The summed E-state index contributed by atoms with van der Waals surface area (Å²) in [7, 11) is 0. The Morgan fingerprint density at radius 2 is 2.30 bits per heavy atom. The molecule has 3 nitrogen and oxygen atoms in total. The Hall–Kier alpha value is -0.830. The van der Waals surface area contributed by atoms with Crippen LogP contribution in [0.2, 0.25) is 0 Å². The third kappa shape index (κ3) is 3.25. The van der Waals surface area contributed by atoms with Gasteiger partial charge in [0.1, 0.15) is 0 Å². The first-order chi connectivity index (χ1) is 4.48. The number of carbonyl (C=O) groups excluding carboxylic acids is 1. The lowest BCUT2D eigenvalue weighted by Gasteiger charge is -2.16. The molecule has 0 aliphatic rings. The SMILES string of the molecule is C=CCNC(=O)C(C)(C)N. The van der Waals surface area contributed by atoms with Gasteiger partial charge < -0.3 is 11.1 Å². The fourth-order valence-electron chi connectivity index (χ4n) is 0.393. The van der Waals surface area contributed by atoms with Crippen molar-refractivity contribution in [2.45, 2.75) is 19.4 Å². The molecule has 0 atom stereocenters. The van der Waals surface area contributed by atoms with Crippen LogP contribution in [0.3, 0.4) is 0 Å². The molecule has 0 aromatic heterocycles. The van der Waals surface area contributed by atoms with Gasteiger partial charge in [-0.15, -0.1) is 6.58 Å². The standard InChI is InChI=1S/C7H14N2O/c1-4-5-9-6(10)7(2,3)8/h4H,1,5,8H2,2-3H3,(H,9,10). The van der Waals surface area contributed by atoms with E-state index in [9.17, 15) is 4.79 Å². The second-order valence-electron chi connectivity index (χ2n) is 2.72. The lowest BCUT2D eigenvalue weighted by molar-refractivity contribution is -0.124. The molecule has 1 amide bonds. The Bertz CT molecular complexity index is 135. The first-order valence-electron chi connectivity index (χ1n) is 3.16. The number of hydrogen-bond acceptors (Lipinski definition) is 2. The maximum Gasteiger partial charge on any atom is 0.239 e. The highest BCUT2D eigenvalue weighted by atomic mass is 16.2. The van der Waals surface area contributed by atoms with Crippen molar-refractivity contribution in [3.05, 3.63) is 12.7 Å². The number of amides is 1. The van der Waals surface area contributed by atoms with Crippen molar-refractivity contribution in [3.8, 4) is 0 Å². The van der Waals surface area contributed by atoms with Gasteiger partial charge in [-0.25, -0.2) is 0 Å². The van der Waals surface area contributed by atoms with E-state index in [1.54, 1.807) is 19.9 Å². The number of nitrogens with one attached hydrogen (secondary N) is 1. The molecule has 0 heterocycles. The molecular formula is C7H14N2O. The minimum Gasteiger partial charge on any atom is -0.351 e. The highest BCUT2D eigenvalue weighted by Gasteiger charge is 2.20. The van der Waals surface area contributed by atoms with E-state index in [1.807, 2.05) is 0 Å². The summed E-state index contributed by atoms with van der Waals surface area (Å²) in [5.41, 5.74) is 4.68. The van der Waals surface area contributed by atoms with E-state index in [-0.39, 0.29) is 5.91 Å². The van der Waals surface area contributed by atoms with E-state index < -0.39 is 5.54 Å². The monoisotopic (exact) mass is 142 g/mol. The van der Waals surface area contributed by atoms with E-state index in [0.29, 0.717) is 6.54 Å². The Kier molecular flexibility index (Phi) is 3.09. The van der Waals surface area contributed by atoms with Crippen LogP contribution in [0.15, 0.2) is 12.7 Å². The average Bonchev–Trinajstić information content (AvgIpc) is 1.80. The molecule has 0 saturated heterocycles. The van der Waals surface area contributed by atoms with Gasteiger partial charge in [-0.2, -0.15) is 0 Å². The second kappa shape index (κ2) is 3.37. The van der Waals surface area contributed by atoms with Crippen LogP contribution < -0.4 is 11.1 Å². The molecule has 0 aromatic carbocycles. The fourth-order valence-corrected chi connectivity index (χ4v) is 0.393. The Balaban J connectivity index is 3.74. The summed E-state index contributed by atoms with van der Waals surface area (Å²) in [6.07, 6.45) is 1.61. The third-order valence-electron chi connectivity index (χ3n) is 0.992. The maximum atomic E-state index is 10.9. The van der Waals surface area contributed by atoms with Crippen molar-refractivity contribution in [2.75, 3.05) is 6.54 Å². The highest BCUT2D eigenvalue weighted by molar-refractivity contribution is 5.85. The van der Waals surface area contributed by atoms with Gasteiger partial charge in [0.2, 0.25) is 5.91 Å². The average molecular weight is 142 g/mol. The zero-order chi connectivity index (χ0) is 8.20. The summed E-state index contributed by atoms with van der Waals surface area (Å²) in [4.78, 5) is 10.9. The van der Waals surface area contributed by atoms with Crippen LogP contribution >= 0.6 is 0 Å². The minimum absolute atomic E-state index is 0.160. The smallest absolute Gasteiger partial charge is 0.239 e. The van der Waals surface area contributed by atoms with Gasteiger partial charge in [-0.3, -0.25) is 4.79 Å². The molecular weight excluding hydrogens is 128 g/mol. The molecule has 0 rings (SSSR count). The molecule has 10 heavy (non-hydrogen) atoms. The van der Waals surface area contributed by atoms with E-state index in [1.165, 1.54) is 0 Å². The van der Waals surface area contributed by atoms with Crippen molar-refractivity contribution in [1.82, 2.24) is 5.32 Å². The Labute approximate surface area is 61.3 Å². The zero-order valence-electron chi connectivity index (χ0n) is 6.48. The quantitative estimate of drug-likeness (QED) is 0.546. The van der Waals surface area contributed by atoms with Gasteiger partial charge in [0.15, 0.2) is 0 Å². The first-order valence-corrected chi connectivity index (χ1v) is 3.16. The van der Waals surface area contributed by atoms with Crippen LogP contribution in [0.25, 0.3) is 0 Å². The van der Waals surface area contributed by atoms with Gasteiger partial charge in [-0.05, 0) is 13.8 Å². The van der Waals surface area contributed by atoms with Crippen molar-refractivity contribution < 1.29 is 4.79 Å². The molecule has 58 valence electrons. The molecule has 3 N–H and O–H groups in total. The number of nitrogens with two attached hydrogens (primary N) is 1. The molecule has 0 spiro atoms. The van der Waals surface area contributed by atoms with Crippen LogP contribution in [0.5, 0.6) is 0 Å². The third-order valence-corrected chi connectivity index (χ3v) is 0.992. The van der Waals surface area contributed by atoms with Gasteiger partial charge in [0.25, 0.3) is 0 Å². The summed E-state index contributed by atoms with van der Waals surface area (Å²) in [6.45, 7) is 7.25. The second-order valence-corrected chi connectivity index (χ2v) is 2.72. The summed E-state index contributed by atoms with van der Waals surface area (Å²) in [5, 5.41) is 2.59. The van der Waals surface area contributed by atoms with Crippen molar-refractivity contribution >= 4 is 5.91 Å². The molecule has 0 unspecified atom stereocenters. The van der Waals surface area contributed by atoms with E-state index in [4.69, 9.17) is 5.73 Å². The largest absolute Gasteiger partial charge is 0.351 e. The number of carbonyl (C=O) groups is 1. The lowest BCUT2D eigenvalue weighted by Crippen LogP contribution is -2.49. The van der Waals surface area contributed by atoms with Crippen molar-refractivity contribution in [1.29, 1.82) is 0 Å². The summed E-state index contributed by atoms with van der Waals surface area (Å²) in [6, 6.07) is 0. The minimum atomic E-state index is -0.789. The molecule has 3 heteroatoms. The molecule has 0 aliphatic carbocycles. The number of hydrogen-bond donors (Lipinski definition) is 2. The van der Waals surface area contributed by atoms with Crippen LogP contribution in [0, 0.1) is 0 Å². The summed E-state index contributed by atoms with van der Waals surface area (Å²) in [5.74, 6) is -0.160. The molecule has 0 saturated carbocycles. The fraction of sp³-hybridized carbons (Fsp3) is 0.571. The van der Waals surface area contributed by atoms with E-state index in [0.717, 1.165) is 0 Å². The van der Waals surface area contributed by atoms with Crippen LogP contribution in [-0.4, -0.2) is 18.0 Å². The lowest BCUT2D eigenvalue weighted by atomic mass is 10.1. The Morgan fingerprint density at radius 1 is 1.80 bits per heavy atom. The topological polar surface area (TPSA) is 55.1 Å². The first kappa shape index (κ1) is 9.17. The predicted octanol–water partition coefficient (Wildman–Crippen LogP) is 0.0259. The summed E-state index contributed by atoms with van der Waals surface area (Å²) >= 11 is 0. The van der Waals surface area contributed by atoms with E-state index >= 15 is 0 Å². The van der Waals surface area contributed by atoms with Crippen LogP contribution in [0.4, 0.5) is 0 Å². The zero-order valence-corrected chi connectivity index (χ0v) is 6.48. The molecule has 0 aliphatic heterocycles. The highest BCUT2D eigenvalue weighted by Crippen LogP contribution is 1.94. The van der Waals surface area contributed by atoms with Crippen molar-refractivity contribution in [3.63, 3.8) is 0 Å². The van der Waals surface area contributed by atoms with Crippen molar-refractivity contribution in [2.24, 2.45) is 5.73 Å². The van der Waals surface area contributed by atoms with Gasteiger partial charge in [-0.1, -0.05) is 6.08 Å². The normalized spacial score (nSPS) is 10.7.